The zero-order chi connectivity index (χ0) is 23.5. The molecule has 0 bridgehead atoms. The maximum Gasteiger partial charge on any atom is 0.237 e. The van der Waals surface area contributed by atoms with Crippen LogP contribution in [0.25, 0.3) is 0 Å². The van der Waals surface area contributed by atoms with Gasteiger partial charge in [0, 0.05) is 45.5 Å². The Balaban J connectivity index is 1.39. The van der Waals surface area contributed by atoms with Crippen LogP contribution in [0.4, 0.5) is 5.69 Å². The van der Waals surface area contributed by atoms with Gasteiger partial charge in [-0.1, -0.05) is 18.2 Å². The number of benzene rings is 2. The number of nitrogens with zero attached hydrogens (tertiary/aromatic N) is 2. The topological polar surface area (TPSA) is 73.9 Å². The molecule has 2 heterocycles. The third-order valence-electron chi connectivity index (χ3n) is 7.02. The number of ether oxygens (including phenoxy) is 1. The van der Waals surface area contributed by atoms with E-state index < -0.39 is 6.04 Å². The average Bonchev–Trinajstić information content (AvgIpc) is 3.18. The van der Waals surface area contributed by atoms with Crippen molar-refractivity contribution in [3.63, 3.8) is 0 Å². The van der Waals surface area contributed by atoms with Crippen molar-refractivity contribution in [2.75, 3.05) is 38.7 Å². The van der Waals surface area contributed by atoms with Crippen molar-refractivity contribution in [3.05, 3.63) is 58.1 Å². The summed E-state index contributed by atoms with van der Waals surface area (Å²) in [5, 5.41) is 5.93. The number of hydrogen-bond acceptors (Lipinski definition) is 5. The van der Waals surface area contributed by atoms with Crippen molar-refractivity contribution in [2.24, 2.45) is 0 Å². The minimum atomic E-state index is -0.478. The zero-order valence-corrected chi connectivity index (χ0v) is 20.0. The van der Waals surface area contributed by atoms with Crippen LogP contribution < -0.4 is 20.3 Å². The summed E-state index contributed by atoms with van der Waals surface area (Å²) >= 11 is 0. The summed E-state index contributed by atoms with van der Waals surface area (Å²) < 4.78 is 5.42. The van der Waals surface area contributed by atoms with E-state index in [1.807, 2.05) is 13.0 Å². The van der Waals surface area contributed by atoms with E-state index in [0.717, 1.165) is 41.0 Å². The van der Waals surface area contributed by atoms with Crippen LogP contribution in [0, 0.1) is 13.8 Å². The number of anilines is 1. The van der Waals surface area contributed by atoms with Gasteiger partial charge in [-0.25, -0.2) is 0 Å². The van der Waals surface area contributed by atoms with Gasteiger partial charge in [0.25, 0.3) is 0 Å². The van der Waals surface area contributed by atoms with Crippen LogP contribution in [-0.2, 0) is 29.1 Å². The van der Waals surface area contributed by atoms with E-state index in [4.69, 9.17) is 4.74 Å². The second-order valence-corrected chi connectivity index (χ2v) is 9.07. The van der Waals surface area contributed by atoms with Gasteiger partial charge in [-0.05, 0) is 60.2 Å². The summed E-state index contributed by atoms with van der Waals surface area (Å²) in [6, 6.07) is 9.91. The number of likely N-dealkylation sites (N-methyl/N-ethyl adjacent to an activating group) is 1. The first-order chi connectivity index (χ1) is 15.9. The third kappa shape index (κ3) is 4.98. The number of nitrogens with one attached hydrogen (secondary N) is 2. The molecule has 7 nitrogen and oxygen atoms in total. The van der Waals surface area contributed by atoms with Crippen LogP contribution >= 0.6 is 0 Å². The number of hydrogen-bond donors (Lipinski definition) is 2. The molecule has 0 saturated carbocycles. The van der Waals surface area contributed by atoms with Gasteiger partial charge in [-0.2, -0.15) is 0 Å². The van der Waals surface area contributed by atoms with Gasteiger partial charge in [0.15, 0.2) is 0 Å². The number of methoxy groups -OCH3 is 1. The van der Waals surface area contributed by atoms with E-state index in [1.165, 1.54) is 11.3 Å². The fraction of sp³-hybridized carbons (Fsp3) is 0.462. The van der Waals surface area contributed by atoms with Gasteiger partial charge < -0.3 is 20.3 Å². The molecule has 0 radical (unpaired) electrons. The number of amides is 2. The van der Waals surface area contributed by atoms with Gasteiger partial charge in [0.1, 0.15) is 5.75 Å². The maximum absolute atomic E-state index is 12.8. The minimum Gasteiger partial charge on any atom is -0.496 e. The SMILES string of the molecule is COc1ccc(CN2CCNC(=O)[C@H]2CC(=O)NCc2ccc3c(c2)CCN3C)c(C)c1C. The number of fused-ring (bicyclic) bond motifs is 1. The summed E-state index contributed by atoms with van der Waals surface area (Å²) in [6.45, 7) is 7.56. The lowest BCUT2D eigenvalue weighted by atomic mass is 10.00. The first-order valence-corrected chi connectivity index (χ1v) is 11.6. The first kappa shape index (κ1) is 23.1. The summed E-state index contributed by atoms with van der Waals surface area (Å²) in [4.78, 5) is 29.8. The van der Waals surface area contributed by atoms with Crippen LogP contribution in [0.3, 0.4) is 0 Å². The molecule has 2 amide bonds. The van der Waals surface area contributed by atoms with Gasteiger partial charge in [-0.3, -0.25) is 14.5 Å². The number of carbonyl (C=O) groups is 2. The lowest BCUT2D eigenvalue weighted by Crippen LogP contribution is -2.56. The highest BCUT2D eigenvalue weighted by Gasteiger charge is 2.32. The largest absolute Gasteiger partial charge is 0.496 e. The second-order valence-electron chi connectivity index (χ2n) is 9.07. The Morgan fingerprint density at radius 3 is 2.79 bits per heavy atom. The average molecular weight is 451 g/mol. The lowest BCUT2D eigenvalue weighted by Gasteiger charge is -2.35. The van der Waals surface area contributed by atoms with Crippen LogP contribution in [0.2, 0.25) is 0 Å². The van der Waals surface area contributed by atoms with E-state index in [2.05, 4.69) is 58.7 Å². The summed E-state index contributed by atoms with van der Waals surface area (Å²) in [5.74, 6) is 0.670. The molecule has 2 aromatic carbocycles. The van der Waals surface area contributed by atoms with E-state index >= 15 is 0 Å². The van der Waals surface area contributed by atoms with Crippen molar-refractivity contribution in [1.82, 2.24) is 15.5 Å². The Hall–Kier alpha value is -3.06. The zero-order valence-electron chi connectivity index (χ0n) is 20.0. The maximum atomic E-state index is 12.8. The van der Waals surface area contributed by atoms with Gasteiger partial charge in [-0.15, -0.1) is 0 Å². The fourth-order valence-electron chi connectivity index (χ4n) is 4.81. The smallest absolute Gasteiger partial charge is 0.237 e. The number of piperazine rings is 1. The standard InChI is InChI=1S/C26H34N4O3/c1-17-18(2)24(33-4)8-6-21(17)16-30-12-10-27-26(32)23(30)14-25(31)28-15-19-5-7-22-20(13-19)9-11-29(22)3/h5-8,13,23H,9-12,14-16H2,1-4H3,(H,27,32)(H,28,31)/t23-/m1/s1. The van der Waals surface area contributed by atoms with Crippen molar-refractivity contribution in [2.45, 2.75) is 45.8 Å². The molecule has 0 spiro atoms. The fourth-order valence-corrected chi connectivity index (χ4v) is 4.81. The van der Waals surface area contributed by atoms with Crippen molar-refractivity contribution < 1.29 is 14.3 Å². The van der Waals surface area contributed by atoms with Crippen molar-refractivity contribution in [1.29, 1.82) is 0 Å². The Morgan fingerprint density at radius 2 is 2.00 bits per heavy atom. The molecule has 0 aliphatic carbocycles. The molecular formula is C26H34N4O3. The van der Waals surface area contributed by atoms with Crippen LogP contribution in [0.1, 0.15) is 34.2 Å². The summed E-state index contributed by atoms with van der Waals surface area (Å²) in [7, 11) is 3.77. The van der Waals surface area contributed by atoms with E-state index in [1.54, 1.807) is 7.11 Å². The van der Waals surface area contributed by atoms with E-state index in [0.29, 0.717) is 26.2 Å². The van der Waals surface area contributed by atoms with Gasteiger partial charge in [0.05, 0.1) is 19.6 Å². The highest BCUT2D eigenvalue weighted by molar-refractivity contribution is 5.88. The van der Waals surface area contributed by atoms with Crippen LogP contribution in [-0.4, -0.2) is 56.5 Å². The summed E-state index contributed by atoms with van der Waals surface area (Å²) in [6.07, 6.45) is 1.18. The monoisotopic (exact) mass is 450 g/mol. The highest BCUT2D eigenvalue weighted by Crippen LogP contribution is 2.28. The molecule has 2 N–H and O–H groups in total. The molecule has 4 rings (SSSR count). The van der Waals surface area contributed by atoms with E-state index in [9.17, 15) is 9.59 Å². The van der Waals surface area contributed by atoms with Crippen LogP contribution in [0.5, 0.6) is 5.75 Å². The molecule has 176 valence electrons. The predicted molar refractivity (Wildman–Crippen MR) is 130 cm³/mol. The van der Waals surface area contributed by atoms with Gasteiger partial charge in [0.2, 0.25) is 11.8 Å². The predicted octanol–water partition coefficient (Wildman–Crippen LogP) is 2.31. The van der Waals surface area contributed by atoms with E-state index in [-0.39, 0.29) is 18.2 Å². The molecule has 1 atom stereocenters. The normalized spacial score (nSPS) is 18.1. The molecule has 0 unspecified atom stereocenters. The number of carbonyl (C=O) groups excluding carboxylic acids is 2. The number of rotatable bonds is 7. The van der Waals surface area contributed by atoms with Crippen molar-refractivity contribution in [3.8, 4) is 5.75 Å². The molecule has 2 aliphatic rings. The molecule has 33 heavy (non-hydrogen) atoms. The molecular weight excluding hydrogens is 416 g/mol. The minimum absolute atomic E-state index is 0.0835. The molecule has 7 heteroatoms. The van der Waals surface area contributed by atoms with Gasteiger partial charge >= 0.3 is 0 Å². The molecule has 1 saturated heterocycles. The Morgan fingerprint density at radius 1 is 1.18 bits per heavy atom. The highest BCUT2D eigenvalue weighted by atomic mass is 16.5. The quantitative estimate of drug-likeness (QED) is 0.677. The Bertz CT molecular complexity index is 1050. The Kier molecular flexibility index (Phi) is 6.88. The second kappa shape index (κ2) is 9.83. The summed E-state index contributed by atoms with van der Waals surface area (Å²) in [5.41, 5.74) is 7.09. The molecule has 0 aromatic heterocycles. The molecule has 2 aliphatic heterocycles. The van der Waals surface area contributed by atoms with Crippen LogP contribution in [0.15, 0.2) is 30.3 Å². The molecule has 2 aromatic rings. The first-order valence-electron chi connectivity index (χ1n) is 11.6. The van der Waals surface area contributed by atoms with Crippen molar-refractivity contribution >= 4 is 17.5 Å². The lowest BCUT2D eigenvalue weighted by molar-refractivity contribution is -0.134. The molecule has 1 fully saturated rings. The third-order valence-corrected chi connectivity index (χ3v) is 7.02. The Labute approximate surface area is 196 Å².